The van der Waals surface area contributed by atoms with Crippen molar-refractivity contribution < 1.29 is 4.74 Å². The zero-order chi connectivity index (χ0) is 12.4. The van der Waals surface area contributed by atoms with E-state index >= 15 is 0 Å². The summed E-state index contributed by atoms with van der Waals surface area (Å²) in [6.45, 7) is 2.76. The molecule has 1 aromatic heterocycles. The Morgan fingerprint density at radius 1 is 1.28 bits per heavy atom. The number of hydrogen-bond donors (Lipinski definition) is 0. The van der Waals surface area contributed by atoms with Crippen LogP contribution >= 0.6 is 0 Å². The quantitative estimate of drug-likeness (QED) is 0.804. The maximum atomic E-state index is 5.81. The third-order valence-electron chi connectivity index (χ3n) is 3.40. The fourth-order valence-electron chi connectivity index (χ4n) is 2.10. The normalized spacial score (nSPS) is 14.7. The van der Waals surface area contributed by atoms with Crippen LogP contribution in [-0.4, -0.2) is 9.55 Å². The van der Waals surface area contributed by atoms with Gasteiger partial charge < -0.3 is 9.30 Å². The van der Waals surface area contributed by atoms with Gasteiger partial charge in [0.15, 0.2) is 0 Å². The zero-order valence-corrected chi connectivity index (χ0v) is 10.7. The van der Waals surface area contributed by atoms with Crippen LogP contribution in [0.1, 0.15) is 37.1 Å². The number of hydrogen-bond acceptors (Lipinski definition) is 2. The molecule has 3 nitrogen and oxygen atoms in total. The highest BCUT2D eigenvalue weighted by Gasteiger charge is 2.25. The van der Waals surface area contributed by atoms with Crippen molar-refractivity contribution in [3.63, 3.8) is 0 Å². The van der Waals surface area contributed by atoms with Gasteiger partial charge in [-0.15, -0.1) is 0 Å². The van der Waals surface area contributed by atoms with E-state index in [0.29, 0.717) is 12.6 Å². The van der Waals surface area contributed by atoms with E-state index in [2.05, 4.69) is 28.6 Å². The molecule has 0 unspecified atom stereocenters. The van der Waals surface area contributed by atoms with Crippen LogP contribution in [0.5, 0.6) is 5.75 Å². The van der Waals surface area contributed by atoms with Gasteiger partial charge >= 0.3 is 0 Å². The van der Waals surface area contributed by atoms with Crippen molar-refractivity contribution >= 4 is 0 Å². The molecule has 0 spiro atoms. The molecular weight excluding hydrogens is 224 g/mol. The van der Waals surface area contributed by atoms with E-state index in [1.807, 2.05) is 24.7 Å². The SMILES string of the molecule is CCc1ccc(OCc2cncn2C2CC2)cc1. The van der Waals surface area contributed by atoms with Crippen LogP contribution in [0.15, 0.2) is 36.8 Å². The van der Waals surface area contributed by atoms with E-state index in [9.17, 15) is 0 Å². The van der Waals surface area contributed by atoms with Crippen molar-refractivity contribution in [3.8, 4) is 5.75 Å². The highest BCUT2D eigenvalue weighted by molar-refractivity contribution is 5.27. The summed E-state index contributed by atoms with van der Waals surface area (Å²) < 4.78 is 8.04. The molecular formula is C15H18N2O. The lowest BCUT2D eigenvalue weighted by molar-refractivity contribution is 0.295. The van der Waals surface area contributed by atoms with Gasteiger partial charge in [0.05, 0.1) is 18.2 Å². The molecule has 0 radical (unpaired) electrons. The lowest BCUT2D eigenvalue weighted by atomic mass is 10.2. The molecule has 1 aliphatic carbocycles. The smallest absolute Gasteiger partial charge is 0.130 e. The number of benzene rings is 1. The van der Waals surface area contributed by atoms with Crippen molar-refractivity contribution in [2.75, 3.05) is 0 Å². The van der Waals surface area contributed by atoms with Crippen LogP contribution < -0.4 is 4.74 Å². The molecule has 2 aromatic rings. The Bertz CT molecular complexity index is 512. The summed E-state index contributed by atoms with van der Waals surface area (Å²) in [6.07, 6.45) is 7.42. The summed E-state index contributed by atoms with van der Waals surface area (Å²) in [7, 11) is 0. The van der Waals surface area contributed by atoms with Crippen LogP contribution in [-0.2, 0) is 13.0 Å². The Balaban J connectivity index is 1.64. The second-order valence-electron chi connectivity index (χ2n) is 4.81. The zero-order valence-electron chi connectivity index (χ0n) is 10.7. The molecule has 0 saturated heterocycles. The number of aryl methyl sites for hydroxylation is 1. The standard InChI is InChI=1S/C15H18N2O/c1-2-12-3-7-15(8-4-12)18-10-14-9-16-11-17(14)13-5-6-13/h3-4,7-9,11,13H,2,5-6,10H2,1H3. The van der Waals surface area contributed by atoms with Crippen LogP contribution in [0.25, 0.3) is 0 Å². The Labute approximate surface area is 107 Å². The van der Waals surface area contributed by atoms with Crippen molar-refractivity contribution in [1.29, 1.82) is 0 Å². The topological polar surface area (TPSA) is 27.1 Å². The highest BCUT2D eigenvalue weighted by Crippen LogP contribution is 2.35. The minimum absolute atomic E-state index is 0.599. The molecule has 0 amide bonds. The summed E-state index contributed by atoms with van der Waals surface area (Å²) in [4.78, 5) is 4.21. The average Bonchev–Trinajstić information content (AvgIpc) is 3.16. The van der Waals surface area contributed by atoms with E-state index in [4.69, 9.17) is 4.74 Å². The Morgan fingerprint density at radius 3 is 2.72 bits per heavy atom. The van der Waals surface area contributed by atoms with Crippen molar-refractivity contribution in [3.05, 3.63) is 48.0 Å². The molecule has 1 saturated carbocycles. The molecule has 94 valence electrons. The molecule has 3 heteroatoms. The van der Waals surface area contributed by atoms with E-state index in [1.54, 1.807) is 0 Å². The molecule has 0 bridgehead atoms. The fraction of sp³-hybridized carbons (Fsp3) is 0.400. The van der Waals surface area contributed by atoms with E-state index in [0.717, 1.165) is 17.9 Å². The van der Waals surface area contributed by atoms with Gasteiger partial charge in [-0.25, -0.2) is 4.98 Å². The maximum absolute atomic E-state index is 5.81. The molecule has 1 heterocycles. The van der Waals surface area contributed by atoms with Gasteiger partial charge in [0.2, 0.25) is 0 Å². The first-order chi connectivity index (χ1) is 8.86. The predicted octanol–water partition coefficient (Wildman–Crippen LogP) is 3.36. The maximum Gasteiger partial charge on any atom is 0.130 e. The van der Waals surface area contributed by atoms with Gasteiger partial charge in [-0.2, -0.15) is 0 Å². The fourth-order valence-corrected chi connectivity index (χ4v) is 2.10. The third kappa shape index (κ3) is 2.40. The summed E-state index contributed by atoms with van der Waals surface area (Å²) in [5.41, 5.74) is 2.50. The van der Waals surface area contributed by atoms with Crippen LogP contribution in [0, 0.1) is 0 Å². The van der Waals surface area contributed by atoms with Crippen LogP contribution in [0.3, 0.4) is 0 Å². The average molecular weight is 242 g/mol. The van der Waals surface area contributed by atoms with Crippen molar-refractivity contribution in [1.82, 2.24) is 9.55 Å². The largest absolute Gasteiger partial charge is 0.487 e. The molecule has 1 fully saturated rings. The van der Waals surface area contributed by atoms with E-state index in [-0.39, 0.29) is 0 Å². The second kappa shape index (κ2) is 4.84. The summed E-state index contributed by atoms with van der Waals surface area (Å²) >= 11 is 0. The minimum Gasteiger partial charge on any atom is -0.487 e. The molecule has 1 aromatic carbocycles. The van der Waals surface area contributed by atoms with Crippen molar-refractivity contribution in [2.45, 2.75) is 38.8 Å². The monoisotopic (exact) mass is 242 g/mol. The molecule has 18 heavy (non-hydrogen) atoms. The van der Waals surface area contributed by atoms with Crippen LogP contribution in [0.2, 0.25) is 0 Å². The van der Waals surface area contributed by atoms with Gasteiger partial charge in [-0.1, -0.05) is 19.1 Å². The Hall–Kier alpha value is -1.77. The lowest BCUT2D eigenvalue weighted by Crippen LogP contribution is -2.03. The molecule has 3 rings (SSSR count). The molecule has 1 aliphatic rings. The lowest BCUT2D eigenvalue weighted by Gasteiger charge is -2.09. The molecule has 0 atom stereocenters. The number of aromatic nitrogens is 2. The highest BCUT2D eigenvalue weighted by atomic mass is 16.5. The van der Waals surface area contributed by atoms with Crippen molar-refractivity contribution in [2.24, 2.45) is 0 Å². The second-order valence-corrected chi connectivity index (χ2v) is 4.81. The first kappa shape index (κ1) is 11.3. The minimum atomic E-state index is 0.599. The summed E-state index contributed by atoms with van der Waals surface area (Å²) in [5, 5.41) is 0. The number of nitrogens with zero attached hydrogens (tertiary/aromatic N) is 2. The van der Waals surface area contributed by atoms with Crippen LogP contribution in [0.4, 0.5) is 0 Å². The van der Waals surface area contributed by atoms with E-state index in [1.165, 1.54) is 18.4 Å². The van der Waals surface area contributed by atoms with Gasteiger partial charge in [0, 0.05) is 6.04 Å². The van der Waals surface area contributed by atoms with Gasteiger partial charge in [-0.05, 0) is 37.0 Å². The number of rotatable bonds is 5. The third-order valence-corrected chi connectivity index (χ3v) is 3.40. The van der Waals surface area contributed by atoms with E-state index < -0.39 is 0 Å². The van der Waals surface area contributed by atoms with Gasteiger partial charge in [0.25, 0.3) is 0 Å². The summed E-state index contributed by atoms with van der Waals surface area (Å²) in [6, 6.07) is 8.97. The first-order valence-corrected chi connectivity index (χ1v) is 6.59. The summed E-state index contributed by atoms with van der Waals surface area (Å²) in [5.74, 6) is 0.927. The number of ether oxygens (including phenoxy) is 1. The molecule has 0 N–H and O–H groups in total. The number of imidazole rings is 1. The Morgan fingerprint density at radius 2 is 2.06 bits per heavy atom. The van der Waals surface area contributed by atoms with Gasteiger partial charge in [0.1, 0.15) is 12.4 Å². The molecule has 0 aliphatic heterocycles. The Kier molecular flexibility index (Phi) is 3.05. The first-order valence-electron chi connectivity index (χ1n) is 6.59. The van der Waals surface area contributed by atoms with Gasteiger partial charge in [-0.3, -0.25) is 0 Å². The predicted molar refractivity (Wildman–Crippen MR) is 70.7 cm³/mol.